The molecule has 2 aliphatic rings. The molecular weight excluding hydrogens is 430 g/mol. The molecule has 2 aromatic carbocycles. The number of hydrogen-bond acceptors (Lipinski definition) is 5. The number of nitrogens with zero attached hydrogens (tertiary/aromatic N) is 1. The van der Waals surface area contributed by atoms with Gasteiger partial charge in [0.1, 0.15) is 13.2 Å². The molecule has 0 saturated carbocycles. The second-order valence-electron chi connectivity index (χ2n) is 8.41. The molecule has 0 radical (unpaired) electrons. The van der Waals surface area contributed by atoms with Crippen LogP contribution in [-0.2, 0) is 4.79 Å². The lowest BCUT2D eigenvalue weighted by molar-refractivity contribution is -0.114. The smallest absolute Gasteiger partial charge is 0.253 e. The quantitative estimate of drug-likeness (QED) is 0.698. The van der Waals surface area contributed by atoms with Crippen molar-refractivity contribution in [2.75, 3.05) is 43.5 Å². The Morgan fingerprint density at radius 3 is 2.59 bits per heavy atom. The van der Waals surface area contributed by atoms with Gasteiger partial charge in [-0.15, -0.1) is 0 Å². The van der Waals surface area contributed by atoms with Gasteiger partial charge in [0.2, 0.25) is 5.91 Å². The molecule has 0 bridgehead atoms. The number of carbonyl (C=O) groups is 2. The number of hydrogen-bond donors (Lipinski definition) is 2. The Morgan fingerprint density at radius 1 is 1.12 bits per heavy atom. The lowest BCUT2D eigenvalue weighted by atomic mass is 9.99. The van der Waals surface area contributed by atoms with E-state index in [0.29, 0.717) is 46.9 Å². The largest absolute Gasteiger partial charge is 0.486 e. The number of ether oxygens (including phenoxy) is 2. The molecule has 2 aliphatic heterocycles. The molecule has 0 aromatic heterocycles. The summed E-state index contributed by atoms with van der Waals surface area (Å²) in [5.74, 6) is 1.49. The molecule has 170 valence electrons. The Morgan fingerprint density at radius 2 is 1.88 bits per heavy atom. The van der Waals surface area contributed by atoms with Gasteiger partial charge < -0.3 is 25.0 Å². The standard InChI is InChI=1S/C24H28ClN3O4/c1-15-4-3-7-28(14-15)24(30)17-5-6-19(16(2)10-17)26-13-23(29)27-20-12-22-21(11-18(20)25)31-8-9-32-22/h5-6,10-12,15,26H,3-4,7-9,13-14H2,1-2H3,(H,27,29). The van der Waals surface area contributed by atoms with E-state index in [0.717, 1.165) is 30.8 Å². The van der Waals surface area contributed by atoms with Gasteiger partial charge in [0, 0.05) is 36.5 Å². The monoisotopic (exact) mass is 457 g/mol. The molecular formula is C24H28ClN3O4. The number of fused-ring (bicyclic) bond motifs is 1. The maximum Gasteiger partial charge on any atom is 0.253 e. The zero-order valence-corrected chi connectivity index (χ0v) is 19.1. The number of halogens is 1. The fourth-order valence-corrected chi connectivity index (χ4v) is 4.28. The minimum absolute atomic E-state index is 0.0581. The summed E-state index contributed by atoms with van der Waals surface area (Å²) in [6, 6.07) is 8.84. The number of rotatable bonds is 5. The summed E-state index contributed by atoms with van der Waals surface area (Å²) in [6.45, 7) is 6.71. The highest BCUT2D eigenvalue weighted by Gasteiger charge is 2.22. The van der Waals surface area contributed by atoms with Crippen LogP contribution in [0, 0.1) is 12.8 Å². The van der Waals surface area contributed by atoms with Crippen LogP contribution in [0.1, 0.15) is 35.7 Å². The highest BCUT2D eigenvalue weighted by molar-refractivity contribution is 6.34. The van der Waals surface area contributed by atoms with Gasteiger partial charge in [-0.1, -0.05) is 18.5 Å². The summed E-state index contributed by atoms with van der Waals surface area (Å²) < 4.78 is 11.0. The van der Waals surface area contributed by atoms with Gasteiger partial charge >= 0.3 is 0 Å². The van der Waals surface area contributed by atoms with Crippen molar-refractivity contribution in [1.29, 1.82) is 0 Å². The number of piperidine rings is 1. The first-order valence-corrected chi connectivity index (χ1v) is 11.3. The van der Waals surface area contributed by atoms with Crippen molar-refractivity contribution >= 4 is 34.8 Å². The maximum atomic E-state index is 12.8. The third-order valence-corrected chi connectivity index (χ3v) is 6.08. The Hall–Kier alpha value is -2.93. The predicted octanol–water partition coefficient (Wildman–Crippen LogP) is 4.34. The van der Waals surface area contributed by atoms with Gasteiger partial charge in [-0.3, -0.25) is 9.59 Å². The zero-order chi connectivity index (χ0) is 22.7. The minimum Gasteiger partial charge on any atom is -0.486 e. The molecule has 1 unspecified atom stereocenters. The van der Waals surface area contributed by atoms with Crippen molar-refractivity contribution in [3.05, 3.63) is 46.5 Å². The van der Waals surface area contributed by atoms with Crippen LogP contribution in [0.4, 0.5) is 11.4 Å². The molecule has 0 aliphatic carbocycles. The van der Waals surface area contributed by atoms with Crippen LogP contribution in [-0.4, -0.2) is 49.6 Å². The summed E-state index contributed by atoms with van der Waals surface area (Å²) >= 11 is 6.26. The summed E-state index contributed by atoms with van der Waals surface area (Å²) in [7, 11) is 0. The third-order valence-electron chi connectivity index (χ3n) is 5.76. The molecule has 7 nitrogen and oxygen atoms in total. The summed E-state index contributed by atoms with van der Waals surface area (Å²) in [4.78, 5) is 27.2. The second kappa shape index (κ2) is 9.69. The topological polar surface area (TPSA) is 79.9 Å². The number of carbonyl (C=O) groups excluding carboxylic acids is 2. The van der Waals surface area contributed by atoms with Crippen LogP contribution in [0.3, 0.4) is 0 Å². The average molecular weight is 458 g/mol. The number of amides is 2. The van der Waals surface area contributed by atoms with Gasteiger partial charge in [0.15, 0.2) is 11.5 Å². The molecule has 1 fully saturated rings. The molecule has 1 saturated heterocycles. The maximum absolute atomic E-state index is 12.8. The number of benzene rings is 2. The van der Waals surface area contributed by atoms with Crippen LogP contribution in [0.5, 0.6) is 11.5 Å². The van der Waals surface area contributed by atoms with E-state index >= 15 is 0 Å². The summed E-state index contributed by atoms with van der Waals surface area (Å²) in [5.41, 5.74) is 2.86. The minimum atomic E-state index is -0.245. The highest BCUT2D eigenvalue weighted by Crippen LogP contribution is 2.37. The zero-order valence-electron chi connectivity index (χ0n) is 18.4. The SMILES string of the molecule is Cc1cc(C(=O)N2CCCC(C)C2)ccc1NCC(=O)Nc1cc2c(cc1Cl)OCCO2. The predicted molar refractivity (Wildman–Crippen MR) is 125 cm³/mol. The highest BCUT2D eigenvalue weighted by atomic mass is 35.5. The van der Waals surface area contributed by atoms with E-state index in [1.54, 1.807) is 12.1 Å². The molecule has 4 rings (SSSR count). The second-order valence-corrected chi connectivity index (χ2v) is 8.81. The summed E-state index contributed by atoms with van der Waals surface area (Å²) in [6.07, 6.45) is 2.22. The Bertz CT molecular complexity index is 1030. The molecule has 0 spiro atoms. The lowest BCUT2D eigenvalue weighted by Crippen LogP contribution is -2.39. The molecule has 2 amide bonds. The first-order valence-electron chi connectivity index (χ1n) is 10.9. The van der Waals surface area contributed by atoms with Crippen LogP contribution in [0.25, 0.3) is 0 Å². The first kappa shape index (κ1) is 22.3. The van der Waals surface area contributed by atoms with Crippen LogP contribution in [0.2, 0.25) is 5.02 Å². The van der Waals surface area contributed by atoms with Crippen molar-refractivity contribution in [3.63, 3.8) is 0 Å². The van der Waals surface area contributed by atoms with Crippen molar-refractivity contribution < 1.29 is 19.1 Å². The number of nitrogens with one attached hydrogen (secondary N) is 2. The van der Waals surface area contributed by atoms with E-state index in [1.165, 1.54) is 6.42 Å². The van der Waals surface area contributed by atoms with Crippen LogP contribution < -0.4 is 20.1 Å². The Labute approximate surface area is 193 Å². The van der Waals surface area contributed by atoms with E-state index in [9.17, 15) is 9.59 Å². The van der Waals surface area contributed by atoms with Gasteiger partial charge in [-0.2, -0.15) is 0 Å². The van der Waals surface area contributed by atoms with Gasteiger partial charge in [-0.05, 0) is 49.4 Å². The normalized spacial score (nSPS) is 17.6. The van der Waals surface area contributed by atoms with Gasteiger partial charge in [0.05, 0.1) is 17.3 Å². The van der Waals surface area contributed by atoms with Crippen molar-refractivity contribution in [1.82, 2.24) is 4.90 Å². The van der Waals surface area contributed by atoms with Crippen molar-refractivity contribution in [2.24, 2.45) is 5.92 Å². The van der Waals surface area contributed by atoms with E-state index in [2.05, 4.69) is 17.6 Å². The van der Waals surface area contributed by atoms with E-state index in [1.807, 2.05) is 30.0 Å². The molecule has 32 heavy (non-hydrogen) atoms. The number of anilines is 2. The molecule has 1 atom stereocenters. The number of likely N-dealkylation sites (tertiary alicyclic amines) is 1. The van der Waals surface area contributed by atoms with E-state index in [-0.39, 0.29) is 18.4 Å². The number of aryl methyl sites for hydroxylation is 1. The molecule has 2 heterocycles. The lowest BCUT2D eigenvalue weighted by Gasteiger charge is -2.31. The van der Waals surface area contributed by atoms with Gasteiger partial charge in [-0.25, -0.2) is 0 Å². The Balaban J connectivity index is 1.35. The fraction of sp³-hybridized carbons (Fsp3) is 0.417. The average Bonchev–Trinajstić information content (AvgIpc) is 2.78. The fourth-order valence-electron chi connectivity index (χ4n) is 4.08. The van der Waals surface area contributed by atoms with E-state index in [4.69, 9.17) is 21.1 Å². The van der Waals surface area contributed by atoms with Crippen LogP contribution >= 0.6 is 11.6 Å². The molecule has 2 aromatic rings. The van der Waals surface area contributed by atoms with Crippen molar-refractivity contribution in [3.8, 4) is 11.5 Å². The van der Waals surface area contributed by atoms with Crippen LogP contribution in [0.15, 0.2) is 30.3 Å². The van der Waals surface area contributed by atoms with Crippen molar-refractivity contribution in [2.45, 2.75) is 26.7 Å². The van der Waals surface area contributed by atoms with Gasteiger partial charge in [0.25, 0.3) is 5.91 Å². The summed E-state index contributed by atoms with van der Waals surface area (Å²) in [5, 5.41) is 6.31. The third kappa shape index (κ3) is 5.10. The molecule has 2 N–H and O–H groups in total. The molecule has 8 heteroatoms. The first-order chi connectivity index (χ1) is 15.4. The Kier molecular flexibility index (Phi) is 6.74. The van der Waals surface area contributed by atoms with E-state index < -0.39 is 0 Å².